The van der Waals surface area contributed by atoms with Gasteiger partial charge in [0.15, 0.2) is 10.9 Å². The third-order valence-electron chi connectivity index (χ3n) is 4.82. The van der Waals surface area contributed by atoms with Crippen LogP contribution in [0.5, 0.6) is 5.75 Å². The molecule has 7 nitrogen and oxygen atoms in total. The lowest BCUT2D eigenvalue weighted by molar-refractivity contribution is -0.385. The first-order valence-electron chi connectivity index (χ1n) is 9.55. The largest absolute Gasteiger partial charge is 0.490 e. The fourth-order valence-corrected chi connectivity index (χ4v) is 4.05. The fourth-order valence-electron chi connectivity index (χ4n) is 2.96. The van der Waals surface area contributed by atoms with Crippen LogP contribution in [0, 0.1) is 17.0 Å². The van der Waals surface area contributed by atoms with Gasteiger partial charge in [0.25, 0.3) is 5.91 Å². The fraction of sp³-hybridized carbons (Fsp3) is 0.273. The van der Waals surface area contributed by atoms with Crippen molar-refractivity contribution < 1.29 is 14.5 Å². The van der Waals surface area contributed by atoms with Crippen LogP contribution in [0.1, 0.15) is 31.4 Å². The minimum absolute atomic E-state index is 0.0229. The van der Waals surface area contributed by atoms with Crippen LogP contribution in [0.2, 0.25) is 0 Å². The molecule has 0 aliphatic carbocycles. The van der Waals surface area contributed by atoms with Crippen LogP contribution in [-0.4, -0.2) is 34.0 Å². The van der Waals surface area contributed by atoms with Gasteiger partial charge < -0.3 is 4.74 Å². The molecule has 156 valence electrons. The normalized spacial score (nSPS) is 17.6. The number of carbonyl (C=O) groups is 1. The summed E-state index contributed by atoms with van der Waals surface area (Å²) in [5.41, 5.74) is 2.31. The van der Waals surface area contributed by atoms with Crippen LogP contribution in [0.3, 0.4) is 0 Å². The van der Waals surface area contributed by atoms with Gasteiger partial charge in [-0.1, -0.05) is 30.7 Å². The molecule has 1 heterocycles. The van der Waals surface area contributed by atoms with Gasteiger partial charge in [-0.2, -0.15) is 0 Å². The molecule has 1 aliphatic heterocycles. The summed E-state index contributed by atoms with van der Waals surface area (Å²) >= 11 is 1.28. The average molecular weight is 426 g/mol. The smallest absolute Gasteiger partial charge is 0.311 e. The van der Waals surface area contributed by atoms with E-state index in [2.05, 4.69) is 4.99 Å². The quantitative estimate of drug-likeness (QED) is 0.355. The molecule has 1 aliphatic rings. The molecule has 8 heteroatoms. The predicted octanol–water partition coefficient (Wildman–Crippen LogP) is 5.31. The molecule has 0 saturated carbocycles. The zero-order valence-corrected chi connectivity index (χ0v) is 18.1. The van der Waals surface area contributed by atoms with Crippen molar-refractivity contribution in [3.63, 3.8) is 0 Å². The molecule has 1 atom stereocenters. The third-order valence-corrected chi connectivity index (χ3v) is 5.81. The van der Waals surface area contributed by atoms with Crippen LogP contribution in [0.4, 0.5) is 11.4 Å². The number of aliphatic imine (C=N–C) groups is 1. The average Bonchev–Trinajstić information content (AvgIpc) is 3.03. The molecule has 2 aromatic carbocycles. The Kier molecular flexibility index (Phi) is 6.56. The summed E-state index contributed by atoms with van der Waals surface area (Å²) in [6.07, 6.45) is 2.44. The lowest BCUT2D eigenvalue weighted by Gasteiger charge is -2.22. The Labute approximate surface area is 179 Å². The summed E-state index contributed by atoms with van der Waals surface area (Å²) in [7, 11) is 1.38. The van der Waals surface area contributed by atoms with Crippen molar-refractivity contribution in [2.75, 3.05) is 7.11 Å². The first-order chi connectivity index (χ1) is 14.3. The first kappa shape index (κ1) is 21.6. The summed E-state index contributed by atoms with van der Waals surface area (Å²) in [4.78, 5) is 30.7. The van der Waals surface area contributed by atoms with Crippen LogP contribution in [0.25, 0.3) is 6.08 Å². The van der Waals surface area contributed by atoms with Crippen molar-refractivity contribution in [1.82, 2.24) is 4.90 Å². The molecule has 1 saturated heterocycles. The Morgan fingerprint density at radius 3 is 2.57 bits per heavy atom. The van der Waals surface area contributed by atoms with Crippen molar-refractivity contribution >= 4 is 40.3 Å². The molecule has 0 N–H and O–H groups in total. The summed E-state index contributed by atoms with van der Waals surface area (Å²) in [5, 5.41) is 11.9. The van der Waals surface area contributed by atoms with Gasteiger partial charge in [-0.25, -0.2) is 4.99 Å². The highest BCUT2D eigenvalue weighted by molar-refractivity contribution is 8.18. The Morgan fingerprint density at radius 2 is 1.97 bits per heavy atom. The number of thioether (sulfide) groups is 1. The summed E-state index contributed by atoms with van der Waals surface area (Å²) < 4.78 is 5.05. The van der Waals surface area contributed by atoms with Crippen LogP contribution in [-0.2, 0) is 4.79 Å². The van der Waals surface area contributed by atoms with E-state index in [1.54, 1.807) is 17.0 Å². The molecule has 0 aromatic heterocycles. The second-order valence-electron chi connectivity index (χ2n) is 6.96. The van der Waals surface area contributed by atoms with Crippen molar-refractivity contribution in [1.29, 1.82) is 0 Å². The van der Waals surface area contributed by atoms with Crippen LogP contribution in [0.15, 0.2) is 52.4 Å². The summed E-state index contributed by atoms with van der Waals surface area (Å²) in [6.45, 7) is 6.00. The van der Waals surface area contributed by atoms with Gasteiger partial charge in [-0.3, -0.25) is 19.8 Å². The molecule has 30 heavy (non-hydrogen) atoms. The van der Waals surface area contributed by atoms with E-state index in [1.165, 1.54) is 31.0 Å². The number of aryl methyl sites for hydroxylation is 1. The zero-order valence-electron chi connectivity index (χ0n) is 17.3. The van der Waals surface area contributed by atoms with Gasteiger partial charge >= 0.3 is 5.69 Å². The molecule has 0 radical (unpaired) electrons. The van der Waals surface area contributed by atoms with E-state index in [0.717, 1.165) is 17.7 Å². The van der Waals surface area contributed by atoms with E-state index in [1.807, 2.05) is 45.0 Å². The van der Waals surface area contributed by atoms with Crippen LogP contribution >= 0.6 is 11.8 Å². The summed E-state index contributed by atoms with van der Waals surface area (Å²) in [6, 6.07) is 12.4. The number of nitro groups is 1. The Hall–Kier alpha value is -3.13. The number of nitro benzene ring substituents is 1. The van der Waals surface area contributed by atoms with Gasteiger partial charge in [0.1, 0.15) is 0 Å². The number of amides is 1. The van der Waals surface area contributed by atoms with Crippen molar-refractivity contribution in [3.05, 3.63) is 68.6 Å². The number of nitrogens with zero attached hydrogens (tertiary/aromatic N) is 3. The number of methoxy groups -OCH3 is 1. The Bertz CT molecular complexity index is 1030. The van der Waals surface area contributed by atoms with E-state index in [-0.39, 0.29) is 23.4 Å². The minimum atomic E-state index is -0.500. The maximum absolute atomic E-state index is 13.1. The molecule has 3 rings (SSSR count). The molecular formula is C22H23N3O4S. The maximum atomic E-state index is 13.1. The molecule has 0 bridgehead atoms. The lowest BCUT2D eigenvalue weighted by atomic mass is 10.1. The molecule has 1 fully saturated rings. The molecular weight excluding hydrogens is 402 g/mol. The van der Waals surface area contributed by atoms with E-state index in [4.69, 9.17) is 4.74 Å². The number of hydrogen-bond acceptors (Lipinski definition) is 6. The highest BCUT2D eigenvalue weighted by Crippen LogP contribution is 2.37. The first-order valence-corrected chi connectivity index (χ1v) is 10.4. The standard InChI is InChI=1S/C22H23N3O4S/c1-5-15(3)24-21(26)20(30-22(24)23-17-9-6-14(2)7-10-17)13-16-8-11-19(29-4)18(12-16)25(27)28/h6-13,15H,5H2,1-4H3/b20-13+,23-22?/t15-/m1/s1. The van der Waals surface area contributed by atoms with E-state index >= 15 is 0 Å². The van der Waals surface area contributed by atoms with Crippen molar-refractivity contribution in [3.8, 4) is 5.75 Å². The monoisotopic (exact) mass is 425 g/mol. The number of benzene rings is 2. The highest BCUT2D eigenvalue weighted by atomic mass is 32.2. The third kappa shape index (κ3) is 4.54. The van der Waals surface area contributed by atoms with Gasteiger partial charge in [0, 0.05) is 12.1 Å². The van der Waals surface area contributed by atoms with Gasteiger partial charge in [0.2, 0.25) is 0 Å². The van der Waals surface area contributed by atoms with E-state index < -0.39 is 4.92 Å². The molecule has 1 amide bonds. The second-order valence-corrected chi connectivity index (χ2v) is 7.97. The van der Waals surface area contributed by atoms with E-state index in [9.17, 15) is 14.9 Å². The van der Waals surface area contributed by atoms with Gasteiger partial charge in [-0.15, -0.1) is 0 Å². The van der Waals surface area contributed by atoms with Crippen molar-refractivity contribution in [2.24, 2.45) is 4.99 Å². The number of amidine groups is 1. The number of carbonyl (C=O) groups excluding carboxylic acids is 1. The highest BCUT2D eigenvalue weighted by Gasteiger charge is 2.36. The predicted molar refractivity (Wildman–Crippen MR) is 120 cm³/mol. The number of hydrogen-bond donors (Lipinski definition) is 0. The van der Waals surface area contributed by atoms with Gasteiger partial charge in [0.05, 0.1) is 22.6 Å². The molecule has 0 unspecified atom stereocenters. The number of ether oxygens (including phenoxy) is 1. The zero-order chi connectivity index (χ0) is 21.8. The second kappa shape index (κ2) is 9.13. The minimum Gasteiger partial charge on any atom is -0.490 e. The van der Waals surface area contributed by atoms with Gasteiger partial charge in [-0.05, 0) is 61.9 Å². The number of rotatable bonds is 6. The Balaban J connectivity index is 2.00. The topological polar surface area (TPSA) is 85.0 Å². The molecule has 0 spiro atoms. The Morgan fingerprint density at radius 1 is 1.27 bits per heavy atom. The summed E-state index contributed by atoms with van der Waals surface area (Å²) in [5.74, 6) is 0.0223. The van der Waals surface area contributed by atoms with Crippen molar-refractivity contribution in [2.45, 2.75) is 33.2 Å². The maximum Gasteiger partial charge on any atom is 0.311 e. The van der Waals surface area contributed by atoms with E-state index in [0.29, 0.717) is 15.6 Å². The lowest BCUT2D eigenvalue weighted by Crippen LogP contribution is -2.36. The molecule has 2 aromatic rings. The SMILES string of the molecule is CC[C@@H](C)N1C(=O)/C(=C\c2ccc(OC)c([N+](=O)[O-])c2)SC1=Nc1ccc(C)cc1. The van der Waals surface area contributed by atoms with Crippen LogP contribution < -0.4 is 4.74 Å².